The summed E-state index contributed by atoms with van der Waals surface area (Å²) in [6, 6.07) is 7.52. The minimum atomic E-state index is 0.0127. The molecule has 0 saturated carbocycles. The number of aromatic nitrogens is 2. The number of benzene rings is 1. The molecule has 0 aliphatic rings. The number of rotatable bonds is 4. The highest BCUT2D eigenvalue weighted by Gasteiger charge is 2.06. The van der Waals surface area contributed by atoms with E-state index >= 15 is 0 Å². The first kappa shape index (κ1) is 11.1. The zero-order chi connectivity index (χ0) is 11.4. The number of hydrogen-bond acceptors (Lipinski definition) is 4. The molecule has 0 amide bonds. The molecule has 0 bridgehead atoms. The molecule has 0 radical (unpaired) electrons. The number of aliphatic hydroxyl groups excluding tert-OH is 1. The summed E-state index contributed by atoms with van der Waals surface area (Å²) in [5.41, 5.74) is 1.03. The second-order valence-electron chi connectivity index (χ2n) is 3.38. The first-order chi connectivity index (χ1) is 7.78. The predicted molar refractivity (Wildman–Crippen MR) is 59.3 cm³/mol. The molecule has 0 atom stereocenters. The Bertz CT molecular complexity index is 471. The molecule has 0 unspecified atom stereocenters. The Hall–Kier alpha value is -1.39. The summed E-state index contributed by atoms with van der Waals surface area (Å²) in [5.74, 6) is 1.06. The van der Waals surface area contributed by atoms with Gasteiger partial charge in [0.15, 0.2) is 5.82 Å². The first-order valence-corrected chi connectivity index (χ1v) is 5.32. The van der Waals surface area contributed by atoms with E-state index in [0.717, 1.165) is 5.56 Å². The average molecular weight is 239 g/mol. The molecule has 4 nitrogen and oxygen atoms in total. The van der Waals surface area contributed by atoms with Gasteiger partial charge in [-0.1, -0.05) is 28.9 Å². The summed E-state index contributed by atoms with van der Waals surface area (Å²) in [6.07, 6.45) is 0.970. The van der Waals surface area contributed by atoms with Crippen LogP contribution in [0.3, 0.4) is 0 Å². The van der Waals surface area contributed by atoms with Crippen molar-refractivity contribution in [3.8, 4) is 0 Å². The van der Waals surface area contributed by atoms with E-state index in [2.05, 4.69) is 10.1 Å². The minimum Gasteiger partial charge on any atom is -0.396 e. The Morgan fingerprint density at radius 2 is 2.25 bits per heavy atom. The second kappa shape index (κ2) is 5.09. The Labute approximate surface area is 97.9 Å². The van der Waals surface area contributed by atoms with E-state index in [1.165, 1.54) is 0 Å². The summed E-state index contributed by atoms with van der Waals surface area (Å²) < 4.78 is 4.95. The third-order valence-corrected chi connectivity index (χ3v) is 2.32. The highest BCUT2D eigenvalue weighted by Crippen LogP contribution is 2.13. The quantitative estimate of drug-likeness (QED) is 0.883. The average Bonchev–Trinajstić information content (AvgIpc) is 2.66. The van der Waals surface area contributed by atoms with Crippen LogP contribution in [-0.2, 0) is 12.8 Å². The largest absolute Gasteiger partial charge is 0.396 e. The maximum atomic E-state index is 8.71. The molecule has 1 heterocycles. The zero-order valence-corrected chi connectivity index (χ0v) is 9.31. The summed E-state index contributed by atoms with van der Waals surface area (Å²) in [6.45, 7) is 0.0127. The van der Waals surface area contributed by atoms with E-state index in [1.807, 2.05) is 24.3 Å². The zero-order valence-electron chi connectivity index (χ0n) is 8.56. The minimum absolute atomic E-state index is 0.0127. The highest BCUT2D eigenvalue weighted by molar-refractivity contribution is 6.30. The lowest BCUT2D eigenvalue weighted by molar-refractivity contribution is 0.274. The fourth-order valence-electron chi connectivity index (χ4n) is 1.39. The van der Waals surface area contributed by atoms with Crippen molar-refractivity contribution in [2.45, 2.75) is 12.8 Å². The maximum Gasteiger partial charge on any atom is 0.228 e. The highest BCUT2D eigenvalue weighted by atomic mass is 35.5. The summed E-state index contributed by atoms with van der Waals surface area (Å²) in [5, 5.41) is 13.2. The van der Waals surface area contributed by atoms with Gasteiger partial charge in [0.25, 0.3) is 0 Å². The molecule has 0 spiro atoms. The molecule has 1 aromatic carbocycles. The van der Waals surface area contributed by atoms with E-state index in [9.17, 15) is 0 Å². The fourth-order valence-corrected chi connectivity index (χ4v) is 1.60. The van der Waals surface area contributed by atoms with Gasteiger partial charge in [-0.3, -0.25) is 0 Å². The van der Waals surface area contributed by atoms with Gasteiger partial charge in [0.1, 0.15) is 0 Å². The molecule has 1 aromatic heterocycles. The van der Waals surface area contributed by atoms with E-state index < -0.39 is 0 Å². The van der Waals surface area contributed by atoms with Gasteiger partial charge in [0.05, 0.1) is 13.0 Å². The van der Waals surface area contributed by atoms with Crippen LogP contribution in [0.25, 0.3) is 0 Å². The normalized spacial score (nSPS) is 10.6. The fraction of sp³-hybridized carbons (Fsp3) is 0.273. The molecule has 2 rings (SSSR count). The van der Waals surface area contributed by atoms with Crippen molar-refractivity contribution in [1.29, 1.82) is 0 Å². The molecule has 0 fully saturated rings. The van der Waals surface area contributed by atoms with Crippen molar-refractivity contribution >= 4 is 11.6 Å². The Morgan fingerprint density at radius 1 is 1.38 bits per heavy atom. The summed E-state index contributed by atoms with van der Waals surface area (Å²) in [7, 11) is 0. The molecule has 2 aromatic rings. The van der Waals surface area contributed by atoms with Crippen LogP contribution in [0, 0.1) is 0 Å². The number of aliphatic hydroxyl groups is 1. The lowest BCUT2D eigenvalue weighted by atomic mass is 10.1. The monoisotopic (exact) mass is 238 g/mol. The maximum absolute atomic E-state index is 8.71. The van der Waals surface area contributed by atoms with Crippen LogP contribution in [0.15, 0.2) is 28.8 Å². The van der Waals surface area contributed by atoms with Gasteiger partial charge in [-0.15, -0.1) is 0 Å². The van der Waals surface area contributed by atoms with Gasteiger partial charge in [-0.25, -0.2) is 0 Å². The van der Waals surface area contributed by atoms with E-state index in [-0.39, 0.29) is 6.61 Å². The first-order valence-electron chi connectivity index (χ1n) is 4.94. The third kappa shape index (κ3) is 2.81. The van der Waals surface area contributed by atoms with Crippen LogP contribution in [-0.4, -0.2) is 21.9 Å². The van der Waals surface area contributed by atoms with Gasteiger partial charge >= 0.3 is 0 Å². The lowest BCUT2D eigenvalue weighted by Crippen LogP contribution is -1.93. The van der Waals surface area contributed by atoms with Crippen molar-refractivity contribution in [2.75, 3.05) is 6.61 Å². The van der Waals surface area contributed by atoms with Crippen LogP contribution in [0.5, 0.6) is 0 Å². The van der Waals surface area contributed by atoms with Crippen LogP contribution in [0.4, 0.5) is 0 Å². The van der Waals surface area contributed by atoms with Gasteiger partial charge in [0.2, 0.25) is 5.89 Å². The smallest absolute Gasteiger partial charge is 0.228 e. The topological polar surface area (TPSA) is 59.2 Å². The molecule has 16 heavy (non-hydrogen) atoms. The number of nitrogens with zero attached hydrogens (tertiary/aromatic N) is 2. The molecule has 5 heteroatoms. The summed E-state index contributed by atoms with van der Waals surface area (Å²) >= 11 is 5.87. The molecule has 1 N–H and O–H groups in total. The van der Waals surface area contributed by atoms with Crippen molar-refractivity contribution in [3.05, 3.63) is 46.6 Å². The number of halogens is 1. The van der Waals surface area contributed by atoms with Crippen LogP contribution >= 0.6 is 11.6 Å². The van der Waals surface area contributed by atoms with Crippen molar-refractivity contribution in [2.24, 2.45) is 0 Å². The molecular weight excluding hydrogens is 228 g/mol. The Morgan fingerprint density at radius 3 is 3.00 bits per heavy atom. The van der Waals surface area contributed by atoms with Crippen LogP contribution in [0.2, 0.25) is 5.02 Å². The van der Waals surface area contributed by atoms with Crippen molar-refractivity contribution in [1.82, 2.24) is 10.1 Å². The molecule has 84 valence electrons. The molecular formula is C11H11ClN2O2. The standard InChI is InChI=1S/C11H11ClN2O2/c12-9-3-1-2-8(6-9)7-10-13-11(4-5-15)16-14-10/h1-3,6,15H,4-5,7H2. The van der Waals surface area contributed by atoms with Crippen molar-refractivity contribution < 1.29 is 9.63 Å². The van der Waals surface area contributed by atoms with Crippen LogP contribution < -0.4 is 0 Å². The predicted octanol–water partition coefficient (Wildman–Crippen LogP) is 1.85. The second-order valence-corrected chi connectivity index (χ2v) is 3.82. The molecule has 0 aliphatic heterocycles. The Balaban J connectivity index is 2.08. The van der Waals surface area contributed by atoms with Gasteiger partial charge in [0, 0.05) is 11.4 Å². The lowest BCUT2D eigenvalue weighted by Gasteiger charge is -1.96. The third-order valence-electron chi connectivity index (χ3n) is 2.09. The number of hydrogen-bond donors (Lipinski definition) is 1. The van der Waals surface area contributed by atoms with Gasteiger partial charge in [-0.2, -0.15) is 4.98 Å². The van der Waals surface area contributed by atoms with Gasteiger partial charge in [-0.05, 0) is 17.7 Å². The SMILES string of the molecule is OCCc1nc(Cc2cccc(Cl)c2)no1. The molecule has 0 saturated heterocycles. The van der Waals surface area contributed by atoms with E-state index in [4.69, 9.17) is 21.2 Å². The Kier molecular flexibility index (Phi) is 3.54. The van der Waals surface area contributed by atoms with Crippen molar-refractivity contribution in [3.63, 3.8) is 0 Å². The van der Waals surface area contributed by atoms with Crippen LogP contribution in [0.1, 0.15) is 17.3 Å². The van der Waals surface area contributed by atoms with E-state index in [1.54, 1.807) is 0 Å². The molecule has 0 aliphatic carbocycles. The van der Waals surface area contributed by atoms with E-state index in [0.29, 0.717) is 29.6 Å². The summed E-state index contributed by atoms with van der Waals surface area (Å²) in [4.78, 5) is 4.14. The van der Waals surface area contributed by atoms with Gasteiger partial charge < -0.3 is 9.63 Å².